The van der Waals surface area contributed by atoms with E-state index in [1.54, 1.807) is 18.2 Å². The SMILES string of the molecule is C=CC(O)(CCCNC(=O)[C@H]1C[C@@H](O)c2cc(Cl)ccc2O1)c1nnc([C@H]2C[C@@H](OC(F)(F)F)C2)o1. The van der Waals surface area contributed by atoms with Crippen molar-refractivity contribution in [2.24, 2.45) is 0 Å². The monoisotopic (exact) mass is 531 g/mol. The number of hydrogen-bond donors (Lipinski definition) is 3. The third kappa shape index (κ3) is 6.00. The van der Waals surface area contributed by atoms with Gasteiger partial charge in [0.2, 0.25) is 5.89 Å². The standard InChI is InChI=1S/C23H25ClF3N3O6/c1-2-22(33,21-30-29-20(35-21)12-8-14(9-12)36-23(25,26)27)6-3-7-28-19(32)18-11-16(31)15-10-13(24)4-5-17(15)34-18/h2,4-5,10,12,14,16,18,31,33H,1,3,6-9,11H2,(H,28,32)/t12-,14+,16-,18-,22?/m1/s1. The number of aliphatic hydroxyl groups excluding tert-OH is 1. The molecule has 1 aromatic heterocycles. The third-order valence-electron chi connectivity index (χ3n) is 6.26. The lowest BCUT2D eigenvalue weighted by molar-refractivity contribution is -0.352. The van der Waals surface area contributed by atoms with Crippen LogP contribution in [-0.2, 0) is 15.1 Å². The number of aromatic nitrogens is 2. The molecule has 3 atom stereocenters. The van der Waals surface area contributed by atoms with Crippen molar-refractivity contribution in [3.63, 3.8) is 0 Å². The van der Waals surface area contributed by atoms with E-state index in [0.717, 1.165) is 0 Å². The van der Waals surface area contributed by atoms with Gasteiger partial charge in [-0.15, -0.1) is 23.4 Å². The van der Waals surface area contributed by atoms with Crippen LogP contribution in [-0.4, -0.2) is 51.4 Å². The van der Waals surface area contributed by atoms with Crippen molar-refractivity contribution in [2.45, 2.75) is 68.3 Å². The summed E-state index contributed by atoms with van der Waals surface area (Å²) in [7, 11) is 0. The average Bonchev–Trinajstić information content (AvgIpc) is 3.28. The summed E-state index contributed by atoms with van der Waals surface area (Å²) in [6.07, 6.45) is -5.61. The Morgan fingerprint density at radius 3 is 2.75 bits per heavy atom. The molecule has 0 saturated heterocycles. The number of carbonyl (C=O) groups is 1. The molecule has 196 valence electrons. The maximum Gasteiger partial charge on any atom is 0.522 e. The van der Waals surface area contributed by atoms with Crippen molar-refractivity contribution >= 4 is 17.5 Å². The number of fused-ring (bicyclic) bond motifs is 1. The minimum Gasteiger partial charge on any atom is -0.480 e. The highest BCUT2D eigenvalue weighted by Gasteiger charge is 2.43. The van der Waals surface area contributed by atoms with Crippen LogP contribution in [0.15, 0.2) is 35.3 Å². The van der Waals surface area contributed by atoms with Crippen LogP contribution in [0.3, 0.4) is 0 Å². The highest BCUT2D eigenvalue weighted by Crippen LogP contribution is 2.41. The first kappa shape index (κ1) is 26.4. The molecule has 2 aliphatic rings. The molecule has 3 N–H and O–H groups in total. The lowest BCUT2D eigenvalue weighted by Gasteiger charge is -2.32. The summed E-state index contributed by atoms with van der Waals surface area (Å²) >= 11 is 5.94. The maximum atomic E-state index is 12.5. The lowest BCUT2D eigenvalue weighted by Crippen LogP contribution is -2.42. The van der Waals surface area contributed by atoms with E-state index in [0.29, 0.717) is 22.8 Å². The normalized spacial score (nSPS) is 25.2. The minimum absolute atomic E-state index is 0.0660. The topological polar surface area (TPSA) is 127 Å². The Balaban J connectivity index is 1.25. The van der Waals surface area contributed by atoms with Crippen LogP contribution < -0.4 is 10.1 Å². The van der Waals surface area contributed by atoms with Crippen LogP contribution >= 0.6 is 11.6 Å². The average molecular weight is 532 g/mol. The molecule has 1 aliphatic heterocycles. The summed E-state index contributed by atoms with van der Waals surface area (Å²) in [5.41, 5.74) is -1.16. The Morgan fingerprint density at radius 1 is 1.31 bits per heavy atom. The van der Waals surface area contributed by atoms with Gasteiger partial charge in [-0.25, -0.2) is 0 Å². The number of ether oxygens (including phenoxy) is 2. The molecule has 1 fully saturated rings. The van der Waals surface area contributed by atoms with E-state index in [2.05, 4.69) is 26.8 Å². The molecular formula is C23H25ClF3N3O6. The van der Waals surface area contributed by atoms with E-state index in [-0.39, 0.29) is 49.9 Å². The summed E-state index contributed by atoms with van der Waals surface area (Å²) in [6, 6.07) is 4.79. The number of alkyl halides is 3. The Bertz CT molecular complexity index is 1110. The van der Waals surface area contributed by atoms with Gasteiger partial charge in [0.15, 0.2) is 11.7 Å². The zero-order valence-corrected chi connectivity index (χ0v) is 19.8. The van der Waals surface area contributed by atoms with E-state index in [1.165, 1.54) is 6.08 Å². The zero-order chi connectivity index (χ0) is 26.1. The number of nitrogens with zero attached hydrogens (tertiary/aromatic N) is 2. The van der Waals surface area contributed by atoms with Crippen LogP contribution in [0.5, 0.6) is 5.75 Å². The van der Waals surface area contributed by atoms with Crippen molar-refractivity contribution < 1.29 is 42.1 Å². The molecule has 0 spiro atoms. The molecule has 2 heterocycles. The Labute approximate surface area is 209 Å². The summed E-state index contributed by atoms with van der Waals surface area (Å²) in [5, 5.41) is 32.1. The van der Waals surface area contributed by atoms with Crippen molar-refractivity contribution in [2.75, 3.05) is 6.54 Å². The van der Waals surface area contributed by atoms with Crippen molar-refractivity contribution in [3.05, 3.63) is 53.2 Å². The highest BCUT2D eigenvalue weighted by atomic mass is 35.5. The molecule has 2 aromatic rings. The first-order valence-electron chi connectivity index (χ1n) is 11.3. The predicted octanol–water partition coefficient (Wildman–Crippen LogP) is 3.66. The van der Waals surface area contributed by atoms with Crippen molar-refractivity contribution in [1.29, 1.82) is 0 Å². The second kappa shape index (κ2) is 10.4. The Hall–Kier alpha value is -2.67. The number of amides is 1. The van der Waals surface area contributed by atoms with E-state index >= 15 is 0 Å². The van der Waals surface area contributed by atoms with E-state index in [9.17, 15) is 28.2 Å². The zero-order valence-electron chi connectivity index (χ0n) is 19.0. The van der Waals surface area contributed by atoms with Gasteiger partial charge in [0.05, 0.1) is 12.2 Å². The number of benzene rings is 1. The second-order valence-corrected chi connectivity index (χ2v) is 9.30. The summed E-state index contributed by atoms with van der Waals surface area (Å²) < 4.78 is 52.0. The van der Waals surface area contributed by atoms with Gasteiger partial charge in [-0.2, -0.15) is 0 Å². The van der Waals surface area contributed by atoms with Crippen LogP contribution in [0.25, 0.3) is 0 Å². The van der Waals surface area contributed by atoms with Gasteiger partial charge >= 0.3 is 6.36 Å². The van der Waals surface area contributed by atoms with Gasteiger partial charge < -0.3 is 24.7 Å². The van der Waals surface area contributed by atoms with Gasteiger partial charge in [-0.05, 0) is 43.9 Å². The quantitative estimate of drug-likeness (QED) is 0.330. The van der Waals surface area contributed by atoms with Crippen LogP contribution in [0.1, 0.15) is 61.5 Å². The number of carbonyl (C=O) groups excluding carboxylic acids is 1. The first-order valence-corrected chi connectivity index (χ1v) is 11.7. The van der Waals surface area contributed by atoms with Crippen molar-refractivity contribution in [1.82, 2.24) is 15.5 Å². The molecular weight excluding hydrogens is 507 g/mol. The predicted molar refractivity (Wildman–Crippen MR) is 119 cm³/mol. The molecule has 13 heteroatoms. The molecule has 0 radical (unpaired) electrons. The van der Waals surface area contributed by atoms with Gasteiger partial charge in [0.25, 0.3) is 11.8 Å². The maximum absolute atomic E-state index is 12.5. The van der Waals surface area contributed by atoms with Gasteiger partial charge in [0.1, 0.15) is 5.75 Å². The molecule has 1 aromatic carbocycles. The van der Waals surface area contributed by atoms with Gasteiger partial charge in [-0.3, -0.25) is 9.53 Å². The highest BCUT2D eigenvalue weighted by molar-refractivity contribution is 6.30. The third-order valence-corrected chi connectivity index (χ3v) is 6.49. The summed E-state index contributed by atoms with van der Waals surface area (Å²) in [4.78, 5) is 12.5. The van der Waals surface area contributed by atoms with Crippen LogP contribution in [0, 0.1) is 0 Å². The van der Waals surface area contributed by atoms with E-state index in [1.807, 2.05) is 0 Å². The second-order valence-electron chi connectivity index (χ2n) is 8.86. The van der Waals surface area contributed by atoms with E-state index < -0.39 is 36.2 Å². The van der Waals surface area contributed by atoms with Crippen LogP contribution in [0.2, 0.25) is 5.02 Å². The van der Waals surface area contributed by atoms with Gasteiger partial charge in [-0.1, -0.05) is 24.3 Å². The molecule has 1 aliphatic carbocycles. The fourth-order valence-electron chi connectivity index (χ4n) is 4.19. The number of nitrogens with one attached hydrogen (secondary N) is 1. The molecule has 1 unspecified atom stereocenters. The first-order chi connectivity index (χ1) is 17.0. The van der Waals surface area contributed by atoms with Crippen LogP contribution in [0.4, 0.5) is 13.2 Å². The van der Waals surface area contributed by atoms with E-state index in [4.69, 9.17) is 20.8 Å². The van der Waals surface area contributed by atoms with Crippen molar-refractivity contribution in [3.8, 4) is 5.75 Å². The molecule has 4 rings (SSSR count). The number of rotatable bonds is 9. The Morgan fingerprint density at radius 2 is 2.06 bits per heavy atom. The number of hydrogen-bond acceptors (Lipinski definition) is 8. The summed E-state index contributed by atoms with van der Waals surface area (Å²) in [6.45, 7) is 3.78. The Kier molecular flexibility index (Phi) is 7.60. The molecule has 0 bridgehead atoms. The lowest BCUT2D eigenvalue weighted by atomic mass is 9.82. The smallest absolute Gasteiger partial charge is 0.480 e. The largest absolute Gasteiger partial charge is 0.522 e. The number of aliphatic hydroxyl groups is 2. The fourth-order valence-corrected chi connectivity index (χ4v) is 4.37. The molecule has 1 amide bonds. The summed E-state index contributed by atoms with van der Waals surface area (Å²) in [5.74, 6) is -0.436. The molecule has 9 nitrogen and oxygen atoms in total. The number of halogens is 4. The molecule has 36 heavy (non-hydrogen) atoms. The molecule has 1 saturated carbocycles. The van der Waals surface area contributed by atoms with Gasteiger partial charge in [0, 0.05) is 29.5 Å². The fraction of sp³-hybridized carbons (Fsp3) is 0.522. The minimum atomic E-state index is -4.70.